The number of hydrogen-bond acceptors (Lipinski definition) is 2. The zero-order valence-corrected chi connectivity index (χ0v) is 13.2. The highest BCUT2D eigenvalue weighted by Gasteiger charge is 2.11. The molecule has 2 aromatic rings. The van der Waals surface area contributed by atoms with Gasteiger partial charge in [-0.2, -0.15) is 5.48 Å². The van der Waals surface area contributed by atoms with Gasteiger partial charge in [0.15, 0.2) is 0 Å². The van der Waals surface area contributed by atoms with E-state index < -0.39 is 0 Å². The predicted octanol–water partition coefficient (Wildman–Crippen LogP) is 2.71. The van der Waals surface area contributed by atoms with Gasteiger partial charge in [0.2, 0.25) is 0 Å². The van der Waals surface area contributed by atoms with Crippen molar-refractivity contribution in [1.29, 1.82) is 0 Å². The molecule has 1 aromatic carbocycles. The number of hydroxylamine groups is 1. The maximum Gasteiger partial charge on any atom is 0.147 e. The molecule has 0 aliphatic carbocycles. The molecular weight excluding hydrogens is 250 g/mol. The van der Waals surface area contributed by atoms with E-state index in [0.29, 0.717) is 6.04 Å². The molecule has 0 amide bonds. The second-order valence-electron chi connectivity index (χ2n) is 6.66. The van der Waals surface area contributed by atoms with Crippen LogP contribution < -0.4 is 10.3 Å². The van der Waals surface area contributed by atoms with Crippen molar-refractivity contribution in [2.24, 2.45) is 0 Å². The summed E-state index contributed by atoms with van der Waals surface area (Å²) in [5.41, 5.74) is 5.50. The predicted molar refractivity (Wildman–Crippen MR) is 83.8 cm³/mol. The first-order valence-corrected chi connectivity index (χ1v) is 7.18. The molecule has 0 atom stereocenters. The topological polar surface area (TPSA) is 37.0 Å². The first-order valence-electron chi connectivity index (χ1n) is 7.18. The van der Waals surface area contributed by atoms with E-state index in [2.05, 4.69) is 63.8 Å². The van der Waals surface area contributed by atoms with Crippen LogP contribution in [0.25, 0.3) is 10.9 Å². The summed E-state index contributed by atoms with van der Waals surface area (Å²) in [7, 11) is 6.65. The first-order chi connectivity index (χ1) is 9.35. The number of hydrogen-bond donors (Lipinski definition) is 2. The fourth-order valence-corrected chi connectivity index (χ4v) is 2.07. The molecule has 2 N–H and O–H groups in total. The molecule has 2 rings (SSSR count). The van der Waals surface area contributed by atoms with Gasteiger partial charge < -0.3 is 14.3 Å². The van der Waals surface area contributed by atoms with E-state index in [1.54, 1.807) is 0 Å². The lowest BCUT2D eigenvalue weighted by molar-refractivity contribution is -0.870. The number of likely N-dealkylation sites (N-methyl/N-ethyl adjacent to an activating group) is 1. The van der Waals surface area contributed by atoms with E-state index in [9.17, 15) is 0 Å². The van der Waals surface area contributed by atoms with Crippen LogP contribution in [0.3, 0.4) is 0 Å². The van der Waals surface area contributed by atoms with Crippen LogP contribution in [0.15, 0.2) is 24.4 Å². The second kappa shape index (κ2) is 5.85. The molecule has 0 unspecified atom stereocenters. The van der Waals surface area contributed by atoms with Crippen molar-refractivity contribution in [3.05, 3.63) is 30.0 Å². The zero-order chi connectivity index (χ0) is 14.8. The Bertz CT molecular complexity index is 567. The molecule has 20 heavy (non-hydrogen) atoms. The van der Waals surface area contributed by atoms with Crippen molar-refractivity contribution >= 4 is 10.9 Å². The Morgan fingerprint density at radius 1 is 1.25 bits per heavy atom. The van der Waals surface area contributed by atoms with Gasteiger partial charge in [0.25, 0.3) is 0 Å². The molecule has 0 aliphatic heterocycles. The molecule has 4 nitrogen and oxygen atoms in total. The Labute approximate surface area is 121 Å². The number of benzene rings is 1. The molecule has 1 aromatic heterocycles. The molecule has 0 saturated carbocycles. The van der Waals surface area contributed by atoms with Crippen LogP contribution in [0.4, 0.5) is 0 Å². The number of nitrogens with zero attached hydrogens (tertiary/aromatic N) is 1. The molecule has 0 fully saturated rings. The van der Waals surface area contributed by atoms with Crippen molar-refractivity contribution in [1.82, 2.24) is 10.5 Å². The van der Waals surface area contributed by atoms with E-state index in [1.165, 1.54) is 16.5 Å². The van der Waals surface area contributed by atoms with Crippen molar-refractivity contribution < 1.29 is 9.32 Å². The molecule has 0 aliphatic rings. The number of rotatable bonds is 6. The number of quaternary nitrogens is 1. The van der Waals surface area contributed by atoms with Crippen LogP contribution >= 0.6 is 0 Å². The summed E-state index contributed by atoms with van der Waals surface area (Å²) in [6.07, 6.45) is 3.17. The van der Waals surface area contributed by atoms with Gasteiger partial charge in [-0.15, -0.1) is 0 Å². The number of fused-ring (bicyclic) bond motifs is 1. The Kier molecular flexibility index (Phi) is 4.35. The highest BCUT2D eigenvalue weighted by molar-refractivity contribution is 5.84. The standard InChI is InChI=1S/C16H26N3O/c1-12(2)18-20-14-6-7-16-15(10-14)13(11-17-16)8-9-19(3,4)5/h6-7,10-12,17-18H,8-9H2,1-5H3/q+1. The molecule has 0 bridgehead atoms. The van der Waals surface area contributed by atoms with Crippen LogP contribution in [0.2, 0.25) is 0 Å². The van der Waals surface area contributed by atoms with Gasteiger partial charge in [-0.1, -0.05) is 0 Å². The van der Waals surface area contributed by atoms with E-state index in [-0.39, 0.29) is 0 Å². The fraction of sp³-hybridized carbons (Fsp3) is 0.500. The van der Waals surface area contributed by atoms with Crippen molar-refractivity contribution in [2.75, 3.05) is 27.7 Å². The van der Waals surface area contributed by atoms with Crippen molar-refractivity contribution in [3.8, 4) is 5.75 Å². The van der Waals surface area contributed by atoms with Gasteiger partial charge in [0.1, 0.15) is 5.75 Å². The molecule has 0 spiro atoms. The normalized spacial score (nSPS) is 12.3. The largest absolute Gasteiger partial charge is 0.408 e. The number of aromatic amines is 1. The van der Waals surface area contributed by atoms with E-state index >= 15 is 0 Å². The van der Waals surface area contributed by atoms with Gasteiger partial charge in [-0.25, -0.2) is 0 Å². The van der Waals surface area contributed by atoms with Crippen molar-refractivity contribution in [2.45, 2.75) is 26.3 Å². The SMILES string of the molecule is CC(C)NOc1ccc2[nH]cc(CC[N+](C)(C)C)c2c1. The van der Waals surface area contributed by atoms with E-state index in [0.717, 1.165) is 23.2 Å². The number of nitrogens with one attached hydrogen (secondary N) is 2. The Morgan fingerprint density at radius 2 is 2.00 bits per heavy atom. The second-order valence-corrected chi connectivity index (χ2v) is 6.66. The summed E-state index contributed by atoms with van der Waals surface area (Å²) in [4.78, 5) is 8.91. The summed E-state index contributed by atoms with van der Waals surface area (Å²) in [5.74, 6) is 0.859. The lowest BCUT2D eigenvalue weighted by Crippen LogP contribution is -2.36. The monoisotopic (exact) mass is 276 g/mol. The maximum atomic E-state index is 5.58. The lowest BCUT2D eigenvalue weighted by Gasteiger charge is -2.23. The molecule has 110 valence electrons. The van der Waals surface area contributed by atoms with E-state index in [4.69, 9.17) is 4.84 Å². The van der Waals surface area contributed by atoms with E-state index in [1.807, 2.05) is 6.07 Å². The van der Waals surface area contributed by atoms with Crippen molar-refractivity contribution in [3.63, 3.8) is 0 Å². The number of H-pyrrole nitrogens is 1. The summed E-state index contributed by atoms with van der Waals surface area (Å²) in [6.45, 7) is 5.23. The van der Waals surface area contributed by atoms with Crippen LogP contribution in [0, 0.1) is 0 Å². The minimum absolute atomic E-state index is 0.301. The summed E-state index contributed by atoms with van der Waals surface area (Å²) >= 11 is 0. The smallest absolute Gasteiger partial charge is 0.147 e. The Hall–Kier alpha value is -1.52. The molecule has 0 saturated heterocycles. The Morgan fingerprint density at radius 3 is 2.65 bits per heavy atom. The van der Waals surface area contributed by atoms with Gasteiger partial charge in [0, 0.05) is 29.6 Å². The average molecular weight is 276 g/mol. The highest BCUT2D eigenvalue weighted by Crippen LogP contribution is 2.24. The minimum Gasteiger partial charge on any atom is -0.408 e. The van der Waals surface area contributed by atoms with Gasteiger partial charge in [-0.3, -0.25) is 0 Å². The number of aromatic nitrogens is 1. The molecule has 1 heterocycles. The van der Waals surface area contributed by atoms with Crippen LogP contribution in [-0.2, 0) is 6.42 Å². The molecule has 0 radical (unpaired) electrons. The maximum absolute atomic E-state index is 5.58. The third kappa shape index (κ3) is 3.99. The summed E-state index contributed by atoms with van der Waals surface area (Å²) in [5, 5.41) is 1.25. The van der Waals surface area contributed by atoms with Crippen LogP contribution in [0.5, 0.6) is 5.75 Å². The lowest BCUT2D eigenvalue weighted by atomic mass is 10.1. The first kappa shape index (κ1) is 14.9. The van der Waals surface area contributed by atoms with Gasteiger partial charge >= 0.3 is 0 Å². The van der Waals surface area contributed by atoms with Gasteiger partial charge in [-0.05, 0) is 37.6 Å². The average Bonchev–Trinajstić information content (AvgIpc) is 2.75. The third-order valence-electron chi connectivity index (χ3n) is 3.20. The summed E-state index contributed by atoms with van der Waals surface area (Å²) < 4.78 is 0.970. The Balaban J connectivity index is 2.17. The summed E-state index contributed by atoms with van der Waals surface area (Å²) in [6, 6.07) is 6.46. The minimum atomic E-state index is 0.301. The van der Waals surface area contributed by atoms with Crippen LogP contribution in [-0.4, -0.2) is 43.2 Å². The van der Waals surface area contributed by atoms with Crippen LogP contribution in [0.1, 0.15) is 19.4 Å². The fourth-order valence-electron chi connectivity index (χ4n) is 2.07. The van der Waals surface area contributed by atoms with Gasteiger partial charge in [0.05, 0.1) is 27.7 Å². The molecular formula is C16H26N3O+. The zero-order valence-electron chi connectivity index (χ0n) is 13.2. The molecule has 4 heteroatoms. The highest BCUT2D eigenvalue weighted by atomic mass is 16.6. The quantitative estimate of drug-likeness (QED) is 0.629. The third-order valence-corrected chi connectivity index (χ3v) is 3.20.